The molecule has 2 N–H and O–H groups in total. The molecule has 0 aliphatic carbocycles. The summed E-state index contributed by atoms with van der Waals surface area (Å²) in [5.41, 5.74) is 1.65. The van der Waals surface area contributed by atoms with Gasteiger partial charge in [0.2, 0.25) is 0 Å². The monoisotopic (exact) mass is 300 g/mol. The van der Waals surface area contributed by atoms with Gasteiger partial charge in [0, 0.05) is 0 Å². The third-order valence-electron chi connectivity index (χ3n) is 2.95. The maximum atomic E-state index is 11.1. The molecule has 1 rings (SSSR count). The second kappa shape index (κ2) is 4.69. The van der Waals surface area contributed by atoms with Crippen LogP contribution in [0, 0.1) is 19.3 Å². The minimum absolute atomic E-state index is 0.150. The SMILES string of the molecule is Cc1cc(C)c(CC(C)(C)C(=O)O)c(O)c1Br. The van der Waals surface area contributed by atoms with Crippen LogP contribution in [0.4, 0.5) is 0 Å². The van der Waals surface area contributed by atoms with Gasteiger partial charge in [-0.25, -0.2) is 0 Å². The number of phenolic OH excluding ortho intramolecular Hbond substituents is 1. The van der Waals surface area contributed by atoms with Gasteiger partial charge >= 0.3 is 5.97 Å². The van der Waals surface area contributed by atoms with E-state index in [4.69, 9.17) is 5.11 Å². The Morgan fingerprint density at radius 2 is 1.88 bits per heavy atom. The Labute approximate surface area is 110 Å². The number of aryl methyl sites for hydroxylation is 2. The first kappa shape index (κ1) is 14.0. The smallest absolute Gasteiger partial charge is 0.309 e. The molecule has 0 spiro atoms. The first-order valence-electron chi connectivity index (χ1n) is 5.37. The molecule has 0 aliphatic heterocycles. The lowest BCUT2D eigenvalue weighted by molar-refractivity contribution is -0.146. The predicted octanol–water partition coefficient (Wildman–Crippen LogP) is 3.42. The molecule has 0 saturated heterocycles. The summed E-state index contributed by atoms with van der Waals surface area (Å²) >= 11 is 3.31. The van der Waals surface area contributed by atoms with E-state index in [1.807, 2.05) is 19.9 Å². The molecule has 0 saturated carbocycles. The first-order chi connectivity index (χ1) is 7.66. The fraction of sp³-hybridized carbons (Fsp3) is 0.462. The van der Waals surface area contributed by atoms with E-state index < -0.39 is 11.4 Å². The second-order valence-corrected chi connectivity index (χ2v) is 5.81. The lowest BCUT2D eigenvalue weighted by atomic mass is 9.84. The van der Waals surface area contributed by atoms with Gasteiger partial charge in [-0.05, 0) is 66.7 Å². The number of hydrogen-bond acceptors (Lipinski definition) is 2. The molecule has 3 nitrogen and oxygen atoms in total. The van der Waals surface area contributed by atoms with Gasteiger partial charge in [0.15, 0.2) is 0 Å². The van der Waals surface area contributed by atoms with E-state index in [-0.39, 0.29) is 5.75 Å². The number of benzene rings is 1. The Morgan fingerprint density at radius 3 is 2.35 bits per heavy atom. The molecule has 0 amide bonds. The van der Waals surface area contributed by atoms with Crippen LogP contribution in [0.5, 0.6) is 5.75 Å². The van der Waals surface area contributed by atoms with Gasteiger partial charge in [0.05, 0.1) is 9.89 Å². The second-order valence-electron chi connectivity index (χ2n) is 5.02. The lowest BCUT2D eigenvalue weighted by Crippen LogP contribution is -2.26. The van der Waals surface area contributed by atoms with Gasteiger partial charge in [0.25, 0.3) is 0 Å². The number of hydrogen-bond donors (Lipinski definition) is 2. The average Bonchev–Trinajstić information content (AvgIpc) is 2.21. The van der Waals surface area contributed by atoms with E-state index in [2.05, 4.69) is 15.9 Å². The number of carboxylic acid groups (broad SMARTS) is 1. The molecule has 94 valence electrons. The lowest BCUT2D eigenvalue weighted by Gasteiger charge is -2.22. The van der Waals surface area contributed by atoms with Gasteiger partial charge in [-0.2, -0.15) is 0 Å². The molecular formula is C13H17BrO3. The predicted molar refractivity (Wildman–Crippen MR) is 70.4 cm³/mol. The number of carboxylic acids is 1. The number of rotatable bonds is 3. The number of phenols is 1. The van der Waals surface area contributed by atoms with Crippen molar-refractivity contribution in [3.8, 4) is 5.75 Å². The van der Waals surface area contributed by atoms with Gasteiger partial charge < -0.3 is 10.2 Å². The fourth-order valence-corrected chi connectivity index (χ4v) is 2.08. The highest BCUT2D eigenvalue weighted by Gasteiger charge is 2.29. The highest BCUT2D eigenvalue weighted by Crippen LogP contribution is 2.37. The zero-order valence-electron chi connectivity index (χ0n) is 10.5. The molecule has 0 aromatic heterocycles. The van der Waals surface area contributed by atoms with Gasteiger partial charge in [-0.15, -0.1) is 0 Å². The van der Waals surface area contributed by atoms with Crippen molar-refractivity contribution in [2.75, 3.05) is 0 Å². The van der Waals surface area contributed by atoms with E-state index in [1.165, 1.54) is 0 Å². The molecule has 4 heteroatoms. The Hall–Kier alpha value is -1.03. The third kappa shape index (κ3) is 2.80. The molecule has 0 aliphatic rings. The molecule has 0 unspecified atom stereocenters. The first-order valence-corrected chi connectivity index (χ1v) is 6.17. The van der Waals surface area contributed by atoms with Crippen molar-refractivity contribution in [1.29, 1.82) is 0 Å². The summed E-state index contributed by atoms with van der Waals surface area (Å²) in [5, 5.41) is 19.2. The Morgan fingerprint density at radius 1 is 1.35 bits per heavy atom. The van der Waals surface area contributed by atoms with Crippen molar-refractivity contribution in [3.05, 3.63) is 27.2 Å². The normalized spacial score (nSPS) is 11.6. The van der Waals surface area contributed by atoms with Crippen LogP contribution in [0.1, 0.15) is 30.5 Å². The minimum atomic E-state index is -0.892. The van der Waals surface area contributed by atoms with Crippen LogP contribution in [0.15, 0.2) is 10.5 Å². The standard InChI is InChI=1S/C13H17BrO3/c1-7-5-8(2)10(14)11(15)9(7)6-13(3,4)12(16)17/h5,15H,6H2,1-4H3,(H,16,17). The summed E-state index contributed by atoms with van der Waals surface area (Å²) in [6, 6.07) is 1.94. The molecule has 0 fully saturated rings. The van der Waals surface area contributed by atoms with E-state index >= 15 is 0 Å². The highest BCUT2D eigenvalue weighted by atomic mass is 79.9. The summed E-state index contributed by atoms with van der Waals surface area (Å²) in [5.74, 6) is -0.718. The summed E-state index contributed by atoms with van der Waals surface area (Å²) in [6.07, 6.45) is 0.304. The summed E-state index contributed by atoms with van der Waals surface area (Å²) in [6.45, 7) is 7.08. The van der Waals surface area contributed by atoms with Crippen LogP contribution in [0.2, 0.25) is 0 Å². The molecule has 0 heterocycles. The number of halogens is 1. The van der Waals surface area contributed by atoms with Crippen molar-refractivity contribution >= 4 is 21.9 Å². The van der Waals surface area contributed by atoms with Crippen LogP contribution in [-0.4, -0.2) is 16.2 Å². The Balaban J connectivity index is 3.25. The highest BCUT2D eigenvalue weighted by molar-refractivity contribution is 9.10. The maximum Gasteiger partial charge on any atom is 0.309 e. The van der Waals surface area contributed by atoms with E-state index in [0.29, 0.717) is 16.5 Å². The summed E-state index contributed by atoms with van der Waals surface area (Å²) in [4.78, 5) is 11.1. The topological polar surface area (TPSA) is 57.5 Å². The molecule has 0 bridgehead atoms. The molecule has 1 aromatic rings. The van der Waals surface area contributed by atoms with E-state index in [0.717, 1.165) is 11.1 Å². The number of aromatic hydroxyl groups is 1. The van der Waals surface area contributed by atoms with Crippen LogP contribution >= 0.6 is 15.9 Å². The van der Waals surface area contributed by atoms with Crippen molar-refractivity contribution in [3.63, 3.8) is 0 Å². The maximum absolute atomic E-state index is 11.1. The van der Waals surface area contributed by atoms with Crippen molar-refractivity contribution < 1.29 is 15.0 Å². The number of carbonyl (C=O) groups is 1. The molecule has 17 heavy (non-hydrogen) atoms. The quantitative estimate of drug-likeness (QED) is 0.899. The van der Waals surface area contributed by atoms with Crippen molar-refractivity contribution in [1.82, 2.24) is 0 Å². The van der Waals surface area contributed by atoms with Crippen molar-refractivity contribution in [2.24, 2.45) is 5.41 Å². The third-order valence-corrected chi connectivity index (χ3v) is 3.95. The number of aliphatic carboxylic acids is 1. The van der Waals surface area contributed by atoms with Gasteiger partial charge in [-0.3, -0.25) is 4.79 Å². The molecule has 1 aromatic carbocycles. The summed E-state index contributed by atoms with van der Waals surface area (Å²) < 4.78 is 0.638. The zero-order valence-corrected chi connectivity index (χ0v) is 12.1. The van der Waals surface area contributed by atoms with Crippen LogP contribution in [0.25, 0.3) is 0 Å². The fourth-order valence-electron chi connectivity index (χ4n) is 1.72. The Bertz CT molecular complexity index is 464. The van der Waals surface area contributed by atoms with E-state index in [1.54, 1.807) is 13.8 Å². The van der Waals surface area contributed by atoms with E-state index in [9.17, 15) is 9.90 Å². The molecular weight excluding hydrogens is 284 g/mol. The average molecular weight is 301 g/mol. The summed E-state index contributed by atoms with van der Waals surface area (Å²) in [7, 11) is 0. The van der Waals surface area contributed by atoms with Gasteiger partial charge in [-0.1, -0.05) is 6.07 Å². The minimum Gasteiger partial charge on any atom is -0.506 e. The molecule has 0 atom stereocenters. The van der Waals surface area contributed by atoms with Crippen LogP contribution in [-0.2, 0) is 11.2 Å². The zero-order chi connectivity index (χ0) is 13.4. The van der Waals surface area contributed by atoms with Crippen molar-refractivity contribution in [2.45, 2.75) is 34.1 Å². The van der Waals surface area contributed by atoms with Gasteiger partial charge in [0.1, 0.15) is 5.75 Å². The largest absolute Gasteiger partial charge is 0.506 e. The molecule has 0 radical (unpaired) electrons. The van der Waals surface area contributed by atoms with Crippen LogP contribution in [0.3, 0.4) is 0 Å². The van der Waals surface area contributed by atoms with Crippen LogP contribution < -0.4 is 0 Å². The Kier molecular flexibility index (Phi) is 3.87.